The topological polar surface area (TPSA) is 24.4 Å². The summed E-state index contributed by atoms with van der Waals surface area (Å²) in [4.78, 5) is 4.91. The van der Waals surface area contributed by atoms with Crippen molar-refractivity contribution in [2.24, 2.45) is 4.99 Å². The van der Waals surface area contributed by atoms with E-state index in [4.69, 9.17) is 28.2 Å². The minimum atomic E-state index is 0.576. The molecule has 0 atom stereocenters. The van der Waals surface area contributed by atoms with Gasteiger partial charge in [0.15, 0.2) is 0 Å². The Kier molecular flexibility index (Phi) is 6.04. The first-order valence-electron chi connectivity index (χ1n) is 10.9. The zero-order valence-electron chi connectivity index (χ0n) is 18.1. The molecule has 0 unspecified atom stereocenters. The second-order valence-electron chi connectivity index (χ2n) is 7.81. The lowest BCUT2D eigenvalue weighted by Gasteiger charge is -2.18. The van der Waals surface area contributed by atoms with Gasteiger partial charge in [0.1, 0.15) is 0 Å². The van der Waals surface area contributed by atoms with Crippen LogP contribution < -0.4 is 5.32 Å². The molecular formula is C29H22Cl2N2. The Morgan fingerprint density at radius 1 is 0.697 bits per heavy atom. The Hall–Kier alpha value is -3.33. The summed E-state index contributed by atoms with van der Waals surface area (Å²) in [5.74, 6) is 0. The van der Waals surface area contributed by atoms with Crippen molar-refractivity contribution in [3.8, 4) is 11.1 Å². The van der Waals surface area contributed by atoms with Crippen LogP contribution in [0, 0.1) is 0 Å². The van der Waals surface area contributed by atoms with Crippen molar-refractivity contribution in [2.75, 3.05) is 11.9 Å². The molecule has 33 heavy (non-hydrogen) atoms. The van der Waals surface area contributed by atoms with Gasteiger partial charge in [-0.05, 0) is 52.7 Å². The van der Waals surface area contributed by atoms with Gasteiger partial charge in [0, 0.05) is 35.1 Å². The fourth-order valence-electron chi connectivity index (χ4n) is 4.28. The molecule has 5 aromatic carbocycles. The fraction of sp³-hybridized carbons (Fsp3) is 0.0690. The highest BCUT2D eigenvalue weighted by atomic mass is 35.5. The number of rotatable bonds is 5. The number of nitrogens with one attached hydrogen (secondary N) is 1. The number of hydrogen-bond donors (Lipinski definition) is 1. The van der Waals surface area contributed by atoms with Gasteiger partial charge in [0.2, 0.25) is 0 Å². The number of benzene rings is 5. The number of halogens is 2. The highest BCUT2D eigenvalue weighted by molar-refractivity contribution is 6.38. The SMILES string of the molecule is CCNc1ccc2ccccc2c1-c1c(N=Cc2c(Cl)cccc2Cl)ccc2ccccc12. The van der Waals surface area contributed by atoms with Crippen molar-refractivity contribution in [2.45, 2.75) is 6.92 Å². The number of nitrogens with zero attached hydrogens (tertiary/aromatic N) is 1. The Morgan fingerprint density at radius 2 is 1.30 bits per heavy atom. The summed E-state index contributed by atoms with van der Waals surface area (Å²) in [6, 6.07) is 30.9. The summed E-state index contributed by atoms with van der Waals surface area (Å²) in [5.41, 5.74) is 4.88. The zero-order chi connectivity index (χ0) is 22.8. The predicted octanol–water partition coefficient (Wildman–Crippen LogP) is 9.15. The van der Waals surface area contributed by atoms with E-state index >= 15 is 0 Å². The lowest BCUT2D eigenvalue weighted by atomic mass is 9.91. The minimum Gasteiger partial charge on any atom is -0.385 e. The first-order chi connectivity index (χ1) is 16.2. The van der Waals surface area contributed by atoms with Crippen molar-refractivity contribution < 1.29 is 0 Å². The molecule has 0 spiro atoms. The molecule has 1 N–H and O–H groups in total. The van der Waals surface area contributed by atoms with Gasteiger partial charge in [-0.25, -0.2) is 0 Å². The van der Waals surface area contributed by atoms with Crippen molar-refractivity contribution in [1.82, 2.24) is 0 Å². The number of aliphatic imine (C=N–C) groups is 1. The molecule has 0 amide bonds. The molecule has 0 heterocycles. The van der Waals surface area contributed by atoms with Crippen LogP contribution in [-0.4, -0.2) is 12.8 Å². The lowest BCUT2D eigenvalue weighted by Crippen LogP contribution is -2.00. The number of hydrogen-bond acceptors (Lipinski definition) is 2. The smallest absolute Gasteiger partial charge is 0.0715 e. The van der Waals surface area contributed by atoms with E-state index in [0.29, 0.717) is 15.6 Å². The van der Waals surface area contributed by atoms with Crippen molar-refractivity contribution >= 4 is 62.3 Å². The monoisotopic (exact) mass is 468 g/mol. The zero-order valence-corrected chi connectivity index (χ0v) is 19.7. The van der Waals surface area contributed by atoms with E-state index in [-0.39, 0.29) is 0 Å². The average Bonchev–Trinajstić information content (AvgIpc) is 2.84. The third-order valence-electron chi connectivity index (χ3n) is 5.79. The summed E-state index contributed by atoms with van der Waals surface area (Å²) in [6.07, 6.45) is 1.76. The lowest BCUT2D eigenvalue weighted by molar-refractivity contribution is 1.22. The van der Waals surface area contributed by atoms with Gasteiger partial charge < -0.3 is 5.32 Å². The summed E-state index contributed by atoms with van der Waals surface area (Å²) in [7, 11) is 0. The van der Waals surface area contributed by atoms with Crippen LogP contribution in [-0.2, 0) is 0 Å². The molecule has 0 fully saturated rings. The van der Waals surface area contributed by atoms with E-state index in [1.54, 1.807) is 6.21 Å². The van der Waals surface area contributed by atoms with Crippen molar-refractivity contribution in [3.63, 3.8) is 0 Å². The van der Waals surface area contributed by atoms with Gasteiger partial charge in [-0.2, -0.15) is 0 Å². The molecule has 0 radical (unpaired) electrons. The highest BCUT2D eigenvalue weighted by Gasteiger charge is 2.16. The fourth-order valence-corrected chi connectivity index (χ4v) is 4.77. The Morgan fingerprint density at radius 3 is 1.97 bits per heavy atom. The van der Waals surface area contributed by atoms with Crippen LogP contribution >= 0.6 is 23.2 Å². The summed E-state index contributed by atoms with van der Waals surface area (Å²) < 4.78 is 0. The van der Waals surface area contributed by atoms with Gasteiger partial charge in [-0.3, -0.25) is 4.99 Å². The molecule has 5 aromatic rings. The van der Waals surface area contributed by atoms with E-state index in [1.165, 1.54) is 10.8 Å². The molecule has 0 saturated heterocycles. The average molecular weight is 469 g/mol. The van der Waals surface area contributed by atoms with Crippen molar-refractivity contribution in [1.29, 1.82) is 0 Å². The molecule has 0 aliphatic carbocycles. The summed E-state index contributed by atoms with van der Waals surface area (Å²) >= 11 is 12.8. The molecule has 0 aliphatic rings. The normalized spacial score (nSPS) is 11.5. The van der Waals surface area contributed by atoms with E-state index in [0.717, 1.165) is 39.8 Å². The first-order valence-corrected chi connectivity index (χ1v) is 11.7. The van der Waals surface area contributed by atoms with Gasteiger partial charge in [0.05, 0.1) is 15.7 Å². The third kappa shape index (κ3) is 4.08. The molecular weight excluding hydrogens is 447 g/mol. The van der Waals surface area contributed by atoms with Crippen LogP contribution in [0.2, 0.25) is 10.0 Å². The highest BCUT2D eigenvalue weighted by Crippen LogP contribution is 2.44. The molecule has 0 aliphatic heterocycles. The van der Waals surface area contributed by atoms with Crippen LogP contribution in [0.4, 0.5) is 11.4 Å². The largest absolute Gasteiger partial charge is 0.385 e. The predicted molar refractivity (Wildman–Crippen MR) is 145 cm³/mol. The summed E-state index contributed by atoms with van der Waals surface area (Å²) in [6.45, 7) is 2.93. The van der Waals surface area contributed by atoms with E-state index < -0.39 is 0 Å². The van der Waals surface area contributed by atoms with Crippen molar-refractivity contribution in [3.05, 3.63) is 107 Å². The Labute approximate surface area is 203 Å². The van der Waals surface area contributed by atoms with Crippen LogP contribution in [0.3, 0.4) is 0 Å². The third-order valence-corrected chi connectivity index (χ3v) is 6.44. The maximum Gasteiger partial charge on any atom is 0.0715 e. The molecule has 2 nitrogen and oxygen atoms in total. The standard InChI is InChI=1S/C29H22Cl2N2/c1-2-32-26-16-14-19-8-3-5-10-21(19)28(26)29-22-11-6-4-9-20(22)15-17-27(29)33-18-23-24(30)12-7-13-25(23)31/h3-18,32H,2H2,1H3. The molecule has 4 heteroatoms. The molecule has 0 saturated carbocycles. The van der Waals surface area contributed by atoms with E-state index in [9.17, 15) is 0 Å². The second kappa shape index (κ2) is 9.27. The molecule has 5 rings (SSSR count). The van der Waals surface area contributed by atoms with Crippen LogP contribution in [0.5, 0.6) is 0 Å². The quantitative estimate of drug-likeness (QED) is 0.255. The number of fused-ring (bicyclic) bond motifs is 2. The molecule has 162 valence electrons. The van der Waals surface area contributed by atoms with Crippen LogP contribution in [0.25, 0.3) is 32.7 Å². The second-order valence-corrected chi connectivity index (χ2v) is 8.63. The Balaban J connectivity index is 1.84. The maximum atomic E-state index is 6.41. The van der Waals surface area contributed by atoms with Gasteiger partial charge in [-0.1, -0.05) is 89.9 Å². The van der Waals surface area contributed by atoms with Gasteiger partial charge in [0.25, 0.3) is 0 Å². The van der Waals surface area contributed by atoms with Crippen LogP contribution in [0.1, 0.15) is 12.5 Å². The maximum absolute atomic E-state index is 6.41. The van der Waals surface area contributed by atoms with Gasteiger partial charge >= 0.3 is 0 Å². The van der Waals surface area contributed by atoms with E-state index in [1.807, 2.05) is 18.2 Å². The van der Waals surface area contributed by atoms with E-state index in [2.05, 4.69) is 85.0 Å². The molecule has 0 bridgehead atoms. The minimum absolute atomic E-state index is 0.576. The molecule has 0 aromatic heterocycles. The summed E-state index contributed by atoms with van der Waals surface area (Å²) in [5, 5.41) is 9.39. The first kappa shape index (κ1) is 21.5. The van der Waals surface area contributed by atoms with Gasteiger partial charge in [-0.15, -0.1) is 0 Å². The number of anilines is 1. The van der Waals surface area contributed by atoms with Crippen LogP contribution in [0.15, 0.2) is 96.0 Å². The Bertz CT molecular complexity index is 1480.